The molecule has 5 nitrogen and oxygen atoms in total. The van der Waals surface area contributed by atoms with Crippen molar-refractivity contribution < 1.29 is 0 Å². The number of nitrogen functional groups attached to an aromatic ring is 1. The van der Waals surface area contributed by atoms with E-state index in [1.54, 1.807) is 0 Å². The summed E-state index contributed by atoms with van der Waals surface area (Å²) in [6.45, 7) is 6.73. The molecule has 0 atom stereocenters. The highest BCUT2D eigenvalue weighted by atomic mass is 15.5. The maximum atomic E-state index is 5.83. The molecule has 1 heterocycles. The van der Waals surface area contributed by atoms with Gasteiger partial charge in [0.15, 0.2) is 5.82 Å². The summed E-state index contributed by atoms with van der Waals surface area (Å²) in [6.07, 6.45) is 4.72. The van der Waals surface area contributed by atoms with Gasteiger partial charge in [0.1, 0.15) is 0 Å². The Balaban J connectivity index is 1.91. The van der Waals surface area contributed by atoms with Crippen molar-refractivity contribution in [1.82, 2.24) is 20.2 Å². The fourth-order valence-corrected chi connectivity index (χ4v) is 3.18. The minimum absolute atomic E-state index is 0.403. The van der Waals surface area contributed by atoms with E-state index in [9.17, 15) is 0 Å². The molecule has 0 amide bonds. The van der Waals surface area contributed by atoms with Gasteiger partial charge in [-0.05, 0) is 72.2 Å². The molecule has 2 aromatic rings. The van der Waals surface area contributed by atoms with E-state index in [-0.39, 0.29) is 0 Å². The van der Waals surface area contributed by atoms with E-state index in [1.807, 2.05) is 22.9 Å². The zero-order chi connectivity index (χ0) is 15.0. The van der Waals surface area contributed by atoms with Crippen molar-refractivity contribution in [3.63, 3.8) is 0 Å². The number of benzene rings is 1. The highest BCUT2D eigenvalue weighted by molar-refractivity contribution is 5.63. The quantitative estimate of drug-likeness (QED) is 0.859. The lowest BCUT2D eigenvalue weighted by Gasteiger charge is -2.34. The Morgan fingerprint density at radius 3 is 2.62 bits per heavy atom. The number of aromatic nitrogens is 4. The van der Waals surface area contributed by atoms with Crippen LogP contribution in [0.3, 0.4) is 0 Å². The fourth-order valence-electron chi connectivity index (χ4n) is 3.18. The van der Waals surface area contributed by atoms with Crippen LogP contribution < -0.4 is 5.73 Å². The van der Waals surface area contributed by atoms with E-state index < -0.39 is 0 Å². The molecular weight excluding hydrogens is 262 g/mol. The van der Waals surface area contributed by atoms with Gasteiger partial charge in [-0.25, -0.2) is 4.68 Å². The molecule has 21 heavy (non-hydrogen) atoms. The lowest BCUT2D eigenvalue weighted by atomic mass is 9.75. The minimum Gasteiger partial charge on any atom is -0.399 e. The number of anilines is 1. The first-order valence-electron chi connectivity index (χ1n) is 7.61. The average Bonchev–Trinajstić information content (AvgIpc) is 2.88. The van der Waals surface area contributed by atoms with E-state index in [0.29, 0.717) is 11.5 Å². The van der Waals surface area contributed by atoms with E-state index in [1.165, 1.54) is 12.8 Å². The van der Waals surface area contributed by atoms with E-state index >= 15 is 0 Å². The van der Waals surface area contributed by atoms with E-state index in [2.05, 4.69) is 36.3 Å². The van der Waals surface area contributed by atoms with Crippen LogP contribution in [-0.2, 0) is 0 Å². The van der Waals surface area contributed by atoms with Crippen LogP contribution in [-0.4, -0.2) is 20.2 Å². The molecular formula is C16H23N5. The van der Waals surface area contributed by atoms with Gasteiger partial charge in [0.05, 0.1) is 6.04 Å². The zero-order valence-corrected chi connectivity index (χ0v) is 13.0. The second-order valence-corrected chi connectivity index (χ2v) is 6.92. The molecule has 0 unspecified atom stereocenters. The Bertz CT molecular complexity index is 634. The summed E-state index contributed by atoms with van der Waals surface area (Å²) in [6, 6.07) is 6.29. The van der Waals surface area contributed by atoms with Crippen molar-refractivity contribution in [2.45, 2.75) is 52.5 Å². The largest absolute Gasteiger partial charge is 0.399 e. The molecule has 0 aliphatic heterocycles. The molecule has 0 spiro atoms. The van der Waals surface area contributed by atoms with Gasteiger partial charge in [-0.2, -0.15) is 0 Å². The fraction of sp³-hybridized carbons (Fsp3) is 0.562. The zero-order valence-electron chi connectivity index (χ0n) is 13.0. The van der Waals surface area contributed by atoms with Crippen LogP contribution in [0.1, 0.15) is 51.1 Å². The molecule has 0 bridgehead atoms. The van der Waals surface area contributed by atoms with Crippen LogP contribution in [0.2, 0.25) is 0 Å². The topological polar surface area (TPSA) is 69.6 Å². The van der Waals surface area contributed by atoms with Crippen molar-refractivity contribution in [2.75, 3.05) is 5.73 Å². The first kappa shape index (κ1) is 14.0. The summed E-state index contributed by atoms with van der Waals surface area (Å²) in [5, 5.41) is 12.4. The number of hydrogen-bond acceptors (Lipinski definition) is 4. The molecule has 5 heteroatoms. The Morgan fingerprint density at radius 1 is 1.24 bits per heavy atom. The Labute approximate surface area is 125 Å². The van der Waals surface area contributed by atoms with Gasteiger partial charge >= 0.3 is 0 Å². The summed E-state index contributed by atoms with van der Waals surface area (Å²) in [5.41, 5.74) is 9.23. The predicted octanol–water partition coefficient (Wildman–Crippen LogP) is 3.37. The molecule has 1 aliphatic carbocycles. The minimum atomic E-state index is 0.403. The van der Waals surface area contributed by atoms with Crippen molar-refractivity contribution >= 4 is 5.69 Å². The highest BCUT2D eigenvalue weighted by Crippen LogP contribution is 2.40. The number of aryl methyl sites for hydroxylation is 1. The van der Waals surface area contributed by atoms with E-state index in [4.69, 9.17) is 5.73 Å². The first-order chi connectivity index (χ1) is 9.96. The Kier molecular flexibility index (Phi) is 3.43. The third kappa shape index (κ3) is 2.77. The lowest BCUT2D eigenvalue weighted by molar-refractivity contribution is 0.185. The van der Waals surface area contributed by atoms with Crippen LogP contribution in [0.25, 0.3) is 11.4 Å². The molecule has 112 valence electrons. The summed E-state index contributed by atoms with van der Waals surface area (Å²) in [4.78, 5) is 0. The summed E-state index contributed by atoms with van der Waals surface area (Å²) < 4.78 is 2.01. The summed E-state index contributed by atoms with van der Waals surface area (Å²) in [7, 11) is 0. The van der Waals surface area contributed by atoms with E-state index in [0.717, 1.165) is 35.5 Å². The van der Waals surface area contributed by atoms with Crippen LogP contribution in [0.4, 0.5) is 5.69 Å². The number of nitrogens with zero attached hydrogens (tertiary/aromatic N) is 4. The lowest BCUT2D eigenvalue weighted by Crippen LogP contribution is -2.24. The Morgan fingerprint density at radius 2 is 1.95 bits per heavy atom. The summed E-state index contributed by atoms with van der Waals surface area (Å²) >= 11 is 0. The van der Waals surface area contributed by atoms with Gasteiger partial charge in [-0.3, -0.25) is 0 Å². The number of hydrogen-bond donors (Lipinski definition) is 1. The first-order valence-corrected chi connectivity index (χ1v) is 7.61. The molecule has 0 radical (unpaired) electrons. The second-order valence-electron chi connectivity index (χ2n) is 6.92. The van der Waals surface area contributed by atoms with Crippen molar-refractivity contribution in [3.8, 4) is 11.4 Å². The smallest absolute Gasteiger partial charge is 0.182 e. The van der Waals surface area contributed by atoms with Crippen LogP contribution in [0.5, 0.6) is 0 Å². The standard InChI is InChI=1S/C16H23N5/c1-11-10-12(17)4-5-14(11)15-18-19-20-21(15)13-6-8-16(2,3)9-7-13/h4-5,10,13H,6-9,17H2,1-3H3. The second kappa shape index (κ2) is 5.13. The molecule has 1 saturated carbocycles. The molecule has 1 fully saturated rings. The maximum Gasteiger partial charge on any atom is 0.182 e. The molecule has 2 N–H and O–H groups in total. The normalized spacial score (nSPS) is 18.8. The van der Waals surface area contributed by atoms with Gasteiger partial charge < -0.3 is 5.73 Å². The molecule has 1 aliphatic rings. The van der Waals surface area contributed by atoms with Crippen molar-refractivity contribution in [3.05, 3.63) is 23.8 Å². The SMILES string of the molecule is Cc1cc(N)ccc1-c1nnnn1C1CCC(C)(C)CC1. The van der Waals surface area contributed by atoms with Crippen LogP contribution in [0.15, 0.2) is 18.2 Å². The average molecular weight is 285 g/mol. The van der Waals surface area contributed by atoms with Crippen molar-refractivity contribution in [1.29, 1.82) is 0 Å². The monoisotopic (exact) mass is 285 g/mol. The maximum absolute atomic E-state index is 5.83. The Hall–Kier alpha value is -1.91. The number of tetrazole rings is 1. The number of nitrogens with two attached hydrogens (primary N) is 1. The highest BCUT2D eigenvalue weighted by Gasteiger charge is 2.30. The van der Waals surface area contributed by atoms with Gasteiger partial charge in [0, 0.05) is 11.3 Å². The van der Waals surface area contributed by atoms with Crippen LogP contribution in [0, 0.1) is 12.3 Å². The van der Waals surface area contributed by atoms with Gasteiger partial charge in [-0.15, -0.1) is 5.10 Å². The third-order valence-corrected chi connectivity index (χ3v) is 4.64. The molecule has 1 aromatic heterocycles. The number of rotatable bonds is 2. The predicted molar refractivity (Wildman–Crippen MR) is 83.7 cm³/mol. The molecule has 1 aromatic carbocycles. The van der Waals surface area contributed by atoms with Crippen molar-refractivity contribution in [2.24, 2.45) is 5.41 Å². The third-order valence-electron chi connectivity index (χ3n) is 4.64. The van der Waals surface area contributed by atoms with Gasteiger partial charge in [-0.1, -0.05) is 13.8 Å². The van der Waals surface area contributed by atoms with Gasteiger partial charge in [0.2, 0.25) is 0 Å². The molecule has 0 saturated heterocycles. The van der Waals surface area contributed by atoms with Crippen LogP contribution >= 0.6 is 0 Å². The van der Waals surface area contributed by atoms with Gasteiger partial charge in [0.25, 0.3) is 0 Å². The summed E-state index contributed by atoms with van der Waals surface area (Å²) in [5.74, 6) is 0.859. The molecule has 3 rings (SSSR count).